The number of ether oxygens (including phenoxy) is 1. The molecule has 194 valence electrons. The van der Waals surface area contributed by atoms with Crippen LogP contribution >= 0.6 is 11.6 Å². The first-order chi connectivity index (χ1) is 18.4. The van der Waals surface area contributed by atoms with Gasteiger partial charge in [0.1, 0.15) is 11.5 Å². The number of hydrogen-bond acceptors (Lipinski definition) is 5. The lowest BCUT2D eigenvalue weighted by Crippen LogP contribution is -2.36. The van der Waals surface area contributed by atoms with Crippen LogP contribution in [0.3, 0.4) is 0 Å². The highest BCUT2D eigenvalue weighted by atomic mass is 35.5. The average Bonchev–Trinajstić information content (AvgIpc) is 2.93. The third kappa shape index (κ3) is 7.11. The number of carbonyl (C=O) groups is 2. The molecule has 4 rings (SSSR count). The van der Waals surface area contributed by atoms with Gasteiger partial charge in [-0.1, -0.05) is 66.2 Å². The Kier molecular flexibility index (Phi) is 8.95. The van der Waals surface area contributed by atoms with E-state index >= 15 is 0 Å². The van der Waals surface area contributed by atoms with Gasteiger partial charge in [-0.25, -0.2) is 5.43 Å². The van der Waals surface area contributed by atoms with Crippen molar-refractivity contribution in [2.24, 2.45) is 5.10 Å². The molecule has 3 N–H and O–H groups in total. The van der Waals surface area contributed by atoms with E-state index in [1.165, 1.54) is 30.0 Å². The number of rotatable bonds is 10. The van der Waals surface area contributed by atoms with Crippen molar-refractivity contribution < 1.29 is 19.4 Å². The van der Waals surface area contributed by atoms with Gasteiger partial charge in [0.05, 0.1) is 11.2 Å². The maximum atomic E-state index is 12.5. The van der Waals surface area contributed by atoms with Gasteiger partial charge in [0, 0.05) is 22.6 Å². The van der Waals surface area contributed by atoms with Crippen molar-refractivity contribution in [3.05, 3.63) is 107 Å². The van der Waals surface area contributed by atoms with E-state index < -0.39 is 5.91 Å². The fraction of sp³-hybridized carbons (Fsp3) is 0.167. The first-order valence-electron chi connectivity index (χ1n) is 12.2. The molecule has 0 bridgehead atoms. The molecule has 0 spiro atoms. The number of carbonyl (C=O) groups excluding carboxylic acids is 2. The number of amides is 2. The van der Waals surface area contributed by atoms with Crippen LogP contribution in [0.2, 0.25) is 5.02 Å². The highest BCUT2D eigenvalue weighted by Gasteiger charge is 2.12. The summed E-state index contributed by atoms with van der Waals surface area (Å²) < 4.78 is 5.86. The van der Waals surface area contributed by atoms with Crippen LogP contribution in [-0.2, 0) is 11.2 Å². The summed E-state index contributed by atoms with van der Waals surface area (Å²) in [5, 5.41) is 18.3. The molecule has 0 saturated carbocycles. The van der Waals surface area contributed by atoms with E-state index in [-0.39, 0.29) is 34.9 Å². The predicted octanol–water partition coefficient (Wildman–Crippen LogP) is 5.48. The summed E-state index contributed by atoms with van der Waals surface area (Å²) in [6.07, 6.45) is 3.26. The molecule has 38 heavy (non-hydrogen) atoms. The molecule has 2 amide bonds. The number of nitrogens with zero attached hydrogens (tertiary/aromatic N) is 1. The number of hydrogen-bond donors (Lipinski definition) is 3. The molecule has 0 fully saturated rings. The molecule has 4 aromatic carbocycles. The Morgan fingerprint density at radius 3 is 2.50 bits per heavy atom. The molecule has 1 atom stereocenters. The molecule has 7 nitrogen and oxygen atoms in total. The van der Waals surface area contributed by atoms with Crippen molar-refractivity contribution in [3.63, 3.8) is 0 Å². The molecular formula is C30H28ClN3O4. The van der Waals surface area contributed by atoms with Gasteiger partial charge in [-0.15, -0.1) is 0 Å². The van der Waals surface area contributed by atoms with Crippen molar-refractivity contribution in [2.75, 3.05) is 6.61 Å². The van der Waals surface area contributed by atoms with E-state index in [4.69, 9.17) is 16.3 Å². The summed E-state index contributed by atoms with van der Waals surface area (Å²) >= 11 is 5.87. The Morgan fingerprint density at radius 1 is 1.00 bits per heavy atom. The Bertz CT molecular complexity index is 1460. The highest BCUT2D eigenvalue weighted by molar-refractivity contribution is 6.32. The molecule has 0 aromatic heterocycles. The second-order valence-corrected chi connectivity index (χ2v) is 9.25. The van der Waals surface area contributed by atoms with Gasteiger partial charge in [-0.05, 0) is 61.0 Å². The number of nitrogens with one attached hydrogen (secondary N) is 2. The van der Waals surface area contributed by atoms with Crippen molar-refractivity contribution in [2.45, 2.75) is 25.8 Å². The van der Waals surface area contributed by atoms with Gasteiger partial charge in [-0.2, -0.15) is 5.10 Å². The van der Waals surface area contributed by atoms with Crippen LogP contribution in [0.15, 0.2) is 90.0 Å². The minimum absolute atomic E-state index is 0.0226. The van der Waals surface area contributed by atoms with Gasteiger partial charge >= 0.3 is 0 Å². The SMILES string of the molecule is CC(CCc1ccccc1)NC(=O)COc1ccc(C=NNC(=O)c2ccc(O)c(Cl)c2)c2ccccc12. The Labute approximate surface area is 226 Å². The molecule has 0 radical (unpaired) electrons. The largest absolute Gasteiger partial charge is 0.506 e. The van der Waals surface area contributed by atoms with Crippen LogP contribution in [0.5, 0.6) is 11.5 Å². The van der Waals surface area contributed by atoms with E-state index in [0.717, 1.165) is 29.2 Å². The number of fused-ring (bicyclic) bond motifs is 1. The number of phenolic OH excluding ortho intramolecular Hbond substituents is 1. The second-order valence-electron chi connectivity index (χ2n) is 8.85. The molecular weight excluding hydrogens is 502 g/mol. The quantitative estimate of drug-likeness (QED) is 0.187. The van der Waals surface area contributed by atoms with Gasteiger partial charge in [0.2, 0.25) is 0 Å². The van der Waals surface area contributed by atoms with Gasteiger partial charge in [-0.3, -0.25) is 9.59 Å². The summed E-state index contributed by atoms with van der Waals surface area (Å²) in [5.74, 6) is -0.170. The normalized spacial score (nSPS) is 11.8. The Balaban J connectivity index is 1.35. The summed E-state index contributed by atoms with van der Waals surface area (Å²) in [6, 6.07) is 25.5. The van der Waals surface area contributed by atoms with E-state index in [1.54, 1.807) is 6.07 Å². The fourth-order valence-electron chi connectivity index (χ4n) is 3.97. The second kappa shape index (κ2) is 12.7. The van der Waals surface area contributed by atoms with Crippen LogP contribution in [0.4, 0.5) is 0 Å². The Hall–Kier alpha value is -4.36. The first kappa shape index (κ1) is 26.7. The van der Waals surface area contributed by atoms with Crippen LogP contribution in [0.1, 0.15) is 34.8 Å². The fourth-order valence-corrected chi connectivity index (χ4v) is 4.15. The molecule has 4 aromatic rings. The minimum Gasteiger partial charge on any atom is -0.506 e. The van der Waals surface area contributed by atoms with E-state index in [9.17, 15) is 14.7 Å². The molecule has 0 aliphatic rings. The third-order valence-electron chi connectivity index (χ3n) is 5.97. The molecule has 1 unspecified atom stereocenters. The zero-order chi connectivity index (χ0) is 26.9. The van der Waals surface area contributed by atoms with Crippen LogP contribution in [0, 0.1) is 0 Å². The zero-order valence-electron chi connectivity index (χ0n) is 20.9. The van der Waals surface area contributed by atoms with E-state index in [1.807, 2.05) is 55.5 Å². The standard InChI is InChI=1S/C30H28ClN3O4/c1-20(11-12-21-7-3-2-4-8-21)33-29(36)19-38-28-16-14-23(24-9-5-6-10-25(24)28)18-32-34-30(37)22-13-15-27(35)26(31)17-22/h2-10,13-18,20,35H,11-12,19H2,1H3,(H,33,36)(H,34,37). The highest BCUT2D eigenvalue weighted by Crippen LogP contribution is 2.28. The van der Waals surface area contributed by atoms with Crippen molar-refractivity contribution in [1.29, 1.82) is 0 Å². The van der Waals surface area contributed by atoms with Gasteiger partial charge < -0.3 is 15.2 Å². The number of phenols is 1. The van der Waals surface area contributed by atoms with Crippen LogP contribution in [0.25, 0.3) is 10.8 Å². The number of benzene rings is 4. The van der Waals surface area contributed by atoms with Gasteiger partial charge in [0.25, 0.3) is 11.8 Å². The third-order valence-corrected chi connectivity index (χ3v) is 6.28. The van der Waals surface area contributed by atoms with E-state index in [2.05, 4.69) is 28.0 Å². The molecule has 0 heterocycles. The zero-order valence-corrected chi connectivity index (χ0v) is 21.6. The summed E-state index contributed by atoms with van der Waals surface area (Å²) in [5.41, 5.74) is 4.73. The monoisotopic (exact) mass is 529 g/mol. The Morgan fingerprint density at radius 2 is 1.74 bits per heavy atom. The number of hydrazone groups is 1. The predicted molar refractivity (Wildman–Crippen MR) is 150 cm³/mol. The molecule has 0 aliphatic carbocycles. The number of aromatic hydroxyl groups is 1. The van der Waals surface area contributed by atoms with Crippen molar-refractivity contribution in [1.82, 2.24) is 10.7 Å². The summed E-state index contributed by atoms with van der Waals surface area (Å²) in [4.78, 5) is 24.8. The summed E-state index contributed by atoms with van der Waals surface area (Å²) in [7, 11) is 0. The van der Waals surface area contributed by atoms with E-state index in [0.29, 0.717) is 5.75 Å². The summed E-state index contributed by atoms with van der Waals surface area (Å²) in [6.45, 7) is 1.89. The van der Waals surface area contributed by atoms with Crippen molar-refractivity contribution >= 4 is 40.4 Å². The number of aryl methyl sites for hydroxylation is 1. The average molecular weight is 530 g/mol. The topological polar surface area (TPSA) is 100 Å². The lowest BCUT2D eigenvalue weighted by Gasteiger charge is -2.15. The maximum absolute atomic E-state index is 12.5. The minimum atomic E-state index is -0.462. The lowest BCUT2D eigenvalue weighted by atomic mass is 10.0. The first-order valence-corrected chi connectivity index (χ1v) is 12.6. The molecule has 0 saturated heterocycles. The number of halogens is 1. The maximum Gasteiger partial charge on any atom is 0.271 e. The van der Waals surface area contributed by atoms with Crippen LogP contribution < -0.4 is 15.5 Å². The van der Waals surface area contributed by atoms with Gasteiger partial charge in [0.15, 0.2) is 6.61 Å². The van der Waals surface area contributed by atoms with Crippen LogP contribution in [-0.4, -0.2) is 35.8 Å². The lowest BCUT2D eigenvalue weighted by molar-refractivity contribution is -0.123. The van der Waals surface area contributed by atoms with Crippen molar-refractivity contribution in [3.8, 4) is 11.5 Å². The smallest absolute Gasteiger partial charge is 0.271 e. The molecule has 0 aliphatic heterocycles. The molecule has 8 heteroatoms.